The van der Waals surface area contributed by atoms with Crippen molar-refractivity contribution < 1.29 is 24.0 Å². The van der Waals surface area contributed by atoms with Crippen molar-refractivity contribution in [2.45, 2.75) is 44.5 Å². The summed E-state index contributed by atoms with van der Waals surface area (Å²) >= 11 is 0. The lowest BCUT2D eigenvalue weighted by Crippen LogP contribution is -2.46. The highest BCUT2D eigenvalue weighted by molar-refractivity contribution is 6.12. The van der Waals surface area contributed by atoms with Crippen LogP contribution in [0.4, 0.5) is 17.1 Å². The molecule has 9 nitrogen and oxygen atoms in total. The number of para-hydroxylation sites is 2. The Hall–Kier alpha value is -4.34. The number of benzene rings is 3. The Morgan fingerprint density at radius 3 is 2.55 bits per heavy atom. The van der Waals surface area contributed by atoms with E-state index in [0.717, 1.165) is 36.3 Å². The van der Waals surface area contributed by atoms with Gasteiger partial charge in [-0.2, -0.15) is 4.89 Å². The molecule has 3 aliphatic heterocycles. The maximum absolute atomic E-state index is 13.8. The maximum atomic E-state index is 13.8. The highest BCUT2D eigenvalue weighted by atomic mass is 17.2. The third kappa shape index (κ3) is 5.10. The summed E-state index contributed by atoms with van der Waals surface area (Å²) in [6.45, 7) is 6.91. The van der Waals surface area contributed by atoms with E-state index in [4.69, 9.17) is 19.2 Å². The van der Waals surface area contributed by atoms with Crippen molar-refractivity contribution in [1.29, 1.82) is 0 Å². The second-order valence-corrected chi connectivity index (χ2v) is 10.7. The number of nitrogens with one attached hydrogen (secondary N) is 1. The molecule has 218 valence electrons. The van der Waals surface area contributed by atoms with Gasteiger partial charge in [0.25, 0.3) is 5.91 Å². The van der Waals surface area contributed by atoms with Gasteiger partial charge >= 0.3 is 0 Å². The van der Waals surface area contributed by atoms with Crippen LogP contribution in [-0.4, -0.2) is 57.8 Å². The molecule has 0 radical (unpaired) electrons. The normalized spacial score (nSPS) is 19.5. The Bertz CT molecular complexity index is 1520. The van der Waals surface area contributed by atoms with Crippen molar-refractivity contribution >= 4 is 29.2 Å². The van der Waals surface area contributed by atoms with Gasteiger partial charge in [-0.05, 0) is 48.6 Å². The van der Waals surface area contributed by atoms with Gasteiger partial charge in [0.1, 0.15) is 0 Å². The first-order valence-corrected chi connectivity index (χ1v) is 14.3. The second-order valence-electron chi connectivity index (χ2n) is 10.7. The number of aliphatic imine (C=N–C) groups is 1. The summed E-state index contributed by atoms with van der Waals surface area (Å²) < 4.78 is 11.2. The van der Waals surface area contributed by atoms with Gasteiger partial charge < -0.3 is 29.5 Å². The molecular formula is C33H36N4O5. The Kier molecular flexibility index (Phi) is 7.86. The number of nitrogens with zero attached hydrogens (tertiary/aromatic N) is 3. The molecule has 42 heavy (non-hydrogen) atoms. The number of hydrogen-bond acceptors (Lipinski definition) is 8. The number of carbonyl (C=O) groups excluding carboxylic acids is 1. The Morgan fingerprint density at radius 2 is 1.81 bits per heavy atom. The molecule has 6 rings (SSSR count). The molecule has 0 saturated heterocycles. The Labute approximate surface area is 246 Å². The van der Waals surface area contributed by atoms with Crippen LogP contribution in [0.1, 0.15) is 34.8 Å². The van der Waals surface area contributed by atoms with Crippen molar-refractivity contribution in [3.8, 4) is 11.5 Å². The van der Waals surface area contributed by atoms with Crippen molar-refractivity contribution in [1.82, 2.24) is 0 Å². The van der Waals surface area contributed by atoms with Gasteiger partial charge in [0.15, 0.2) is 5.75 Å². The molecule has 1 amide bonds. The maximum Gasteiger partial charge on any atom is 0.260 e. The van der Waals surface area contributed by atoms with Gasteiger partial charge in [-0.25, -0.2) is 0 Å². The third-order valence-corrected chi connectivity index (χ3v) is 8.11. The van der Waals surface area contributed by atoms with E-state index in [9.17, 15) is 4.79 Å². The van der Waals surface area contributed by atoms with Crippen LogP contribution in [0.25, 0.3) is 0 Å². The van der Waals surface area contributed by atoms with Gasteiger partial charge in [-0.15, -0.1) is 0 Å². The molecule has 3 atom stereocenters. The molecule has 0 saturated carbocycles. The van der Waals surface area contributed by atoms with Crippen molar-refractivity contribution in [3.05, 3.63) is 89.6 Å². The monoisotopic (exact) mass is 568 g/mol. The van der Waals surface area contributed by atoms with Crippen LogP contribution in [0.5, 0.6) is 11.5 Å². The molecule has 0 spiro atoms. The van der Waals surface area contributed by atoms with Gasteiger partial charge in [-0.1, -0.05) is 49.9 Å². The van der Waals surface area contributed by atoms with E-state index < -0.39 is 6.23 Å². The fourth-order valence-electron chi connectivity index (χ4n) is 5.98. The van der Waals surface area contributed by atoms with E-state index in [2.05, 4.69) is 40.0 Å². The number of anilines is 3. The molecule has 0 bridgehead atoms. The Balaban J connectivity index is 1.27. The van der Waals surface area contributed by atoms with Gasteiger partial charge in [0.05, 0.1) is 37.1 Å². The number of amides is 1. The van der Waals surface area contributed by atoms with Crippen LogP contribution in [0.15, 0.2) is 77.9 Å². The number of hydrogen-bond donors (Lipinski definition) is 1. The second kappa shape index (κ2) is 11.9. The molecule has 1 unspecified atom stereocenters. The van der Waals surface area contributed by atoms with Crippen LogP contribution in [0, 0.1) is 0 Å². The zero-order valence-electron chi connectivity index (χ0n) is 24.2. The number of methoxy groups -OCH3 is 2. The number of carbonyl (C=O) groups is 1. The molecule has 0 aromatic heterocycles. The number of fused-ring (bicyclic) bond motifs is 5. The van der Waals surface area contributed by atoms with Crippen LogP contribution in [0.2, 0.25) is 0 Å². The van der Waals surface area contributed by atoms with Gasteiger partial charge in [-0.3, -0.25) is 9.79 Å². The molecule has 3 aliphatic rings. The first-order chi connectivity index (χ1) is 20.5. The first-order valence-electron chi connectivity index (χ1n) is 14.3. The molecule has 0 fully saturated rings. The molecule has 3 aromatic rings. The molecular weight excluding hydrogens is 532 g/mol. The largest absolute Gasteiger partial charge is 0.493 e. The summed E-state index contributed by atoms with van der Waals surface area (Å²) in [5.74, 6) is 0.680. The van der Waals surface area contributed by atoms with E-state index in [1.165, 1.54) is 11.1 Å². The minimum atomic E-state index is -0.593. The van der Waals surface area contributed by atoms with E-state index in [-0.39, 0.29) is 24.6 Å². The van der Waals surface area contributed by atoms with E-state index in [1.54, 1.807) is 26.4 Å². The summed E-state index contributed by atoms with van der Waals surface area (Å²) in [4.78, 5) is 34.5. The molecule has 3 heterocycles. The van der Waals surface area contributed by atoms with Crippen molar-refractivity contribution in [3.63, 3.8) is 0 Å². The number of ether oxygens (including phenoxy) is 2. The van der Waals surface area contributed by atoms with Crippen LogP contribution >= 0.6 is 0 Å². The number of rotatable bonds is 10. The van der Waals surface area contributed by atoms with Crippen molar-refractivity contribution in [2.75, 3.05) is 42.5 Å². The van der Waals surface area contributed by atoms with Crippen LogP contribution in [-0.2, 0) is 22.5 Å². The summed E-state index contributed by atoms with van der Waals surface area (Å²) in [6.07, 6.45) is 3.68. The summed E-state index contributed by atoms with van der Waals surface area (Å²) in [6, 6.07) is 19.7. The molecule has 0 aliphatic carbocycles. The predicted molar refractivity (Wildman–Crippen MR) is 164 cm³/mol. The van der Waals surface area contributed by atoms with E-state index in [0.29, 0.717) is 29.3 Å². The quantitative estimate of drug-likeness (QED) is 0.199. The van der Waals surface area contributed by atoms with Crippen LogP contribution < -0.4 is 24.7 Å². The average Bonchev–Trinajstić information content (AvgIpc) is 3.54. The van der Waals surface area contributed by atoms with Crippen LogP contribution in [0.3, 0.4) is 0 Å². The fraction of sp³-hybridized carbons (Fsp3) is 0.333. The molecule has 1 N–H and O–H groups in total. The van der Waals surface area contributed by atoms with Crippen molar-refractivity contribution in [2.24, 2.45) is 4.99 Å². The predicted octanol–water partition coefficient (Wildman–Crippen LogP) is 5.40. The standard InChI is InChI=1S/C33H36N4O5/c1-5-21(2)34-18-24-14-22-10-6-8-12-28(22)36(24)32(20-39-3)42-41-31-17-27-26(16-30(31)40-4)33(38)37-25(19-35-27)15-23-11-7-9-13-29(23)37/h6-13,16-18,24-25,32,35H,2,5,14-15,19-20H2,1,3-4H3/b34-18-/t24-,25-,32?/m0/s1. The third-order valence-electron chi connectivity index (χ3n) is 8.11. The Morgan fingerprint density at radius 1 is 1.07 bits per heavy atom. The number of allylic oxidation sites excluding steroid dienone is 1. The minimum absolute atomic E-state index is 0.0256. The smallest absolute Gasteiger partial charge is 0.260 e. The average molecular weight is 569 g/mol. The fourth-order valence-corrected chi connectivity index (χ4v) is 5.98. The zero-order valence-corrected chi connectivity index (χ0v) is 24.2. The summed E-state index contributed by atoms with van der Waals surface area (Å²) in [5.41, 5.74) is 6.36. The van der Waals surface area contributed by atoms with Gasteiger partial charge in [0.2, 0.25) is 12.0 Å². The lowest BCUT2D eigenvalue weighted by atomic mass is 10.1. The van der Waals surface area contributed by atoms with E-state index in [1.807, 2.05) is 48.4 Å². The summed E-state index contributed by atoms with van der Waals surface area (Å²) in [5, 5.41) is 3.46. The van der Waals surface area contributed by atoms with E-state index >= 15 is 0 Å². The minimum Gasteiger partial charge on any atom is -0.493 e. The zero-order chi connectivity index (χ0) is 29.2. The lowest BCUT2D eigenvalue weighted by molar-refractivity contribution is -0.254. The highest BCUT2D eigenvalue weighted by Crippen LogP contribution is 2.41. The molecule has 9 heteroatoms. The molecule has 3 aromatic carbocycles. The SMILES string of the molecule is C=C(CC)/N=C\[C@@H]1Cc2ccccc2N1C(COC)OOc1cc2c(cc1OC)C(=O)N1c3ccccc3C[C@H]1CN2. The summed E-state index contributed by atoms with van der Waals surface area (Å²) in [7, 11) is 3.18. The first kappa shape index (κ1) is 27.8. The topological polar surface area (TPSA) is 84.9 Å². The lowest BCUT2D eigenvalue weighted by Gasteiger charge is -2.32. The highest BCUT2D eigenvalue weighted by Gasteiger charge is 2.38. The van der Waals surface area contributed by atoms with Gasteiger partial charge in [0, 0.05) is 43.0 Å².